The van der Waals surface area contributed by atoms with Crippen molar-refractivity contribution in [1.29, 1.82) is 0 Å². The number of carbonyl (C=O) groups excluding carboxylic acids is 1. The predicted octanol–water partition coefficient (Wildman–Crippen LogP) is -0.964. The molecule has 1 rings (SSSR count). The lowest BCUT2D eigenvalue weighted by Gasteiger charge is -2.29. The number of ether oxygens (including phenoxy) is 2. The number of morpholine rings is 1. The zero-order chi connectivity index (χ0) is 11.1. The molecule has 1 aliphatic rings. The van der Waals surface area contributed by atoms with E-state index in [0.29, 0.717) is 13.2 Å². The van der Waals surface area contributed by atoms with Gasteiger partial charge in [-0.3, -0.25) is 0 Å². The summed E-state index contributed by atoms with van der Waals surface area (Å²) in [6, 6.07) is 0. The van der Waals surface area contributed by atoms with Crippen LogP contribution < -0.4 is 5.32 Å². The van der Waals surface area contributed by atoms with Crippen LogP contribution in [-0.2, 0) is 9.47 Å². The zero-order valence-corrected chi connectivity index (χ0v) is 8.94. The van der Waals surface area contributed by atoms with Crippen LogP contribution in [-0.4, -0.2) is 68.7 Å². The van der Waals surface area contributed by atoms with Crippen LogP contribution in [0.3, 0.4) is 0 Å². The molecule has 1 atom stereocenters. The third-order valence-electron chi connectivity index (χ3n) is 2.14. The number of amides is 1. The minimum absolute atomic E-state index is 0.0189. The lowest BCUT2D eigenvalue weighted by atomic mass is 10.3. The smallest absolute Gasteiger partial charge is 0.407 e. The van der Waals surface area contributed by atoms with Gasteiger partial charge in [0.05, 0.1) is 19.3 Å². The first kappa shape index (κ1) is 12.2. The Morgan fingerprint density at radius 2 is 2.53 bits per heavy atom. The van der Waals surface area contributed by atoms with Gasteiger partial charge < -0.3 is 24.8 Å². The van der Waals surface area contributed by atoms with E-state index in [-0.39, 0.29) is 19.3 Å². The number of carbonyl (C=O) groups is 1. The number of aliphatic hydroxyl groups excluding tert-OH is 1. The third-order valence-corrected chi connectivity index (χ3v) is 2.14. The summed E-state index contributed by atoms with van der Waals surface area (Å²) in [6.45, 7) is 2.72. The molecule has 0 aromatic rings. The van der Waals surface area contributed by atoms with Gasteiger partial charge in [-0.15, -0.1) is 0 Å². The lowest BCUT2D eigenvalue weighted by Crippen LogP contribution is -2.46. The van der Waals surface area contributed by atoms with Gasteiger partial charge in [-0.2, -0.15) is 0 Å². The van der Waals surface area contributed by atoms with Gasteiger partial charge in [0.15, 0.2) is 0 Å². The average Bonchev–Trinajstić information content (AvgIpc) is 2.23. The van der Waals surface area contributed by atoms with Crippen molar-refractivity contribution in [2.75, 3.05) is 46.5 Å². The highest BCUT2D eigenvalue weighted by molar-refractivity contribution is 5.67. The topological polar surface area (TPSA) is 71.0 Å². The van der Waals surface area contributed by atoms with E-state index in [2.05, 4.69) is 15.0 Å². The normalized spacial score (nSPS) is 22.4. The van der Waals surface area contributed by atoms with E-state index < -0.39 is 6.09 Å². The van der Waals surface area contributed by atoms with Gasteiger partial charge in [-0.1, -0.05) is 0 Å². The van der Waals surface area contributed by atoms with Crippen molar-refractivity contribution >= 4 is 6.09 Å². The maximum atomic E-state index is 11.0. The number of nitrogens with one attached hydrogen (secondary N) is 1. The number of likely N-dealkylation sites (N-methyl/N-ethyl adjacent to an activating group) is 1. The molecule has 0 spiro atoms. The van der Waals surface area contributed by atoms with Crippen molar-refractivity contribution < 1.29 is 19.4 Å². The van der Waals surface area contributed by atoms with Crippen molar-refractivity contribution in [3.8, 4) is 0 Å². The van der Waals surface area contributed by atoms with E-state index in [0.717, 1.165) is 13.1 Å². The summed E-state index contributed by atoms with van der Waals surface area (Å²) in [4.78, 5) is 13.2. The Morgan fingerprint density at radius 3 is 3.20 bits per heavy atom. The number of hydrogen-bond acceptors (Lipinski definition) is 5. The van der Waals surface area contributed by atoms with Crippen LogP contribution in [0.1, 0.15) is 0 Å². The molecule has 1 amide bonds. The first-order chi connectivity index (χ1) is 7.22. The lowest BCUT2D eigenvalue weighted by molar-refractivity contribution is -0.0181. The molecule has 6 nitrogen and oxygen atoms in total. The van der Waals surface area contributed by atoms with E-state index in [9.17, 15) is 4.79 Å². The molecule has 88 valence electrons. The minimum Gasteiger partial charge on any atom is -0.447 e. The van der Waals surface area contributed by atoms with Crippen LogP contribution in [0.4, 0.5) is 4.79 Å². The molecular weight excluding hydrogens is 200 g/mol. The number of nitrogens with zero attached hydrogens (tertiary/aromatic N) is 1. The van der Waals surface area contributed by atoms with Crippen molar-refractivity contribution in [2.24, 2.45) is 0 Å². The fraction of sp³-hybridized carbons (Fsp3) is 0.889. The fourth-order valence-electron chi connectivity index (χ4n) is 1.38. The van der Waals surface area contributed by atoms with Gasteiger partial charge in [0.25, 0.3) is 0 Å². The molecule has 0 radical (unpaired) electrons. The second-order valence-corrected chi connectivity index (χ2v) is 3.50. The fourth-order valence-corrected chi connectivity index (χ4v) is 1.38. The molecule has 1 unspecified atom stereocenters. The van der Waals surface area contributed by atoms with E-state index in [1.54, 1.807) is 0 Å². The second kappa shape index (κ2) is 6.60. The van der Waals surface area contributed by atoms with E-state index in [1.807, 2.05) is 7.05 Å². The molecule has 2 N–H and O–H groups in total. The molecule has 1 saturated heterocycles. The molecule has 6 heteroatoms. The quantitative estimate of drug-likeness (QED) is 0.635. The molecule has 1 fully saturated rings. The van der Waals surface area contributed by atoms with Crippen LogP contribution in [0.2, 0.25) is 0 Å². The maximum absolute atomic E-state index is 11.0. The molecule has 1 aliphatic heterocycles. The average molecular weight is 218 g/mol. The van der Waals surface area contributed by atoms with Crippen molar-refractivity contribution in [3.05, 3.63) is 0 Å². The van der Waals surface area contributed by atoms with Crippen LogP contribution in [0.15, 0.2) is 0 Å². The molecule has 15 heavy (non-hydrogen) atoms. The number of aliphatic hydroxyl groups is 1. The molecule has 0 aromatic heterocycles. The van der Waals surface area contributed by atoms with E-state index >= 15 is 0 Å². The molecule has 0 aliphatic carbocycles. The summed E-state index contributed by atoms with van der Waals surface area (Å²) < 4.78 is 10.1. The summed E-state index contributed by atoms with van der Waals surface area (Å²) in [5.41, 5.74) is 0. The summed E-state index contributed by atoms with van der Waals surface area (Å²) in [5, 5.41) is 11.0. The van der Waals surface area contributed by atoms with Crippen LogP contribution in [0.25, 0.3) is 0 Å². The first-order valence-corrected chi connectivity index (χ1v) is 5.04. The summed E-state index contributed by atoms with van der Waals surface area (Å²) >= 11 is 0. The zero-order valence-electron chi connectivity index (χ0n) is 8.94. The Hall–Kier alpha value is -0.850. The van der Waals surface area contributed by atoms with E-state index in [4.69, 9.17) is 9.84 Å². The van der Waals surface area contributed by atoms with Gasteiger partial charge >= 0.3 is 6.09 Å². The monoisotopic (exact) mass is 218 g/mol. The Kier molecular flexibility index (Phi) is 5.38. The van der Waals surface area contributed by atoms with Crippen molar-refractivity contribution in [2.45, 2.75) is 6.10 Å². The van der Waals surface area contributed by atoms with Crippen LogP contribution in [0.5, 0.6) is 0 Å². The molecule has 1 heterocycles. The predicted molar refractivity (Wildman–Crippen MR) is 53.7 cm³/mol. The first-order valence-electron chi connectivity index (χ1n) is 5.04. The highest BCUT2D eigenvalue weighted by Gasteiger charge is 2.18. The Morgan fingerprint density at radius 1 is 1.73 bits per heavy atom. The molecule has 0 saturated carbocycles. The van der Waals surface area contributed by atoms with Gasteiger partial charge in [0.1, 0.15) is 6.61 Å². The summed E-state index contributed by atoms with van der Waals surface area (Å²) in [7, 11) is 2.01. The largest absolute Gasteiger partial charge is 0.447 e. The van der Waals surface area contributed by atoms with Gasteiger partial charge in [0.2, 0.25) is 0 Å². The minimum atomic E-state index is -0.513. The van der Waals surface area contributed by atoms with Gasteiger partial charge in [0, 0.05) is 19.6 Å². The van der Waals surface area contributed by atoms with Crippen molar-refractivity contribution in [3.63, 3.8) is 0 Å². The van der Waals surface area contributed by atoms with Gasteiger partial charge in [-0.25, -0.2) is 4.79 Å². The third kappa shape index (κ3) is 4.96. The maximum Gasteiger partial charge on any atom is 0.407 e. The number of hydrogen-bond donors (Lipinski definition) is 2. The molecule has 0 aromatic carbocycles. The van der Waals surface area contributed by atoms with Crippen LogP contribution in [0, 0.1) is 0 Å². The Labute approximate surface area is 89.1 Å². The summed E-state index contributed by atoms with van der Waals surface area (Å²) in [6.07, 6.45) is -0.494. The molecule has 0 bridgehead atoms. The second-order valence-electron chi connectivity index (χ2n) is 3.50. The van der Waals surface area contributed by atoms with Crippen molar-refractivity contribution in [1.82, 2.24) is 10.2 Å². The van der Waals surface area contributed by atoms with E-state index in [1.165, 1.54) is 0 Å². The SMILES string of the molecule is CN1CCOC(CNC(=O)OCCO)C1. The summed E-state index contributed by atoms with van der Waals surface area (Å²) in [5.74, 6) is 0. The highest BCUT2D eigenvalue weighted by Crippen LogP contribution is 2.01. The number of rotatable bonds is 4. The number of alkyl carbamates (subject to hydrolysis) is 1. The Balaban J connectivity index is 2.10. The highest BCUT2D eigenvalue weighted by atomic mass is 16.6. The molecular formula is C9H18N2O4. The van der Waals surface area contributed by atoms with Gasteiger partial charge in [-0.05, 0) is 7.05 Å². The van der Waals surface area contributed by atoms with Crippen LogP contribution >= 0.6 is 0 Å². The standard InChI is InChI=1S/C9H18N2O4/c1-11-2-4-14-8(7-11)6-10-9(13)15-5-3-12/h8,12H,2-7H2,1H3,(H,10,13). The Bertz CT molecular complexity index is 201.